The van der Waals surface area contributed by atoms with E-state index in [2.05, 4.69) is 15.6 Å². The van der Waals surface area contributed by atoms with E-state index in [9.17, 15) is 14.9 Å². The summed E-state index contributed by atoms with van der Waals surface area (Å²) < 4.78 is 0. The third kappa shape index (κ3) is 2.78. The van der Waals surface area contributed by atoms with Gasteiger partial charge in [0.25, 0.3) is 11.6 Å². The van der Waals surface area contributed by atoms with Gasteiger partial charge in [-0.1, -0.05) is 0 Å². The van der Waals surface area contributed by atoms with E-state index in [4.69, 9.17) is 0 Å². The SMILES string of the molecule is O=C(NC1CC2CCC1N2)c1ncc(-c2ccc([N+](=O)[O-])cc2)s1. The quantitative estimate of drug-likeness (QED) is 0.655. The molecule has 0 radical (unpaired) electrons. The molecule has 1 aromatic carbocycles. The normalized spacial score (nSPS) is 24.9. The summed E-state index contributed by atoms with van der Waals surface area (Å²) in [7, 11) is 0. The summed E-state index contributed by atoms with van der Waals surface area (Å²) in [6.07, 6.45) is 4.93. The van der Waals surface area contributed by atoms with Crippen LogP contribution in [0.1, 0.15) is 29.1 Å². The summed E-state index contributed by atoms with van der Waals surface area (Å²) in [6, 6.07) is 7.36. The highest BCUT2D eigenvalue weighted by Gasteiger charge is 2.39. The molecule has 2 saturated heterocycles. The lowest BCUT2D eigenvalue weighted by Gasteiger charge is -2.20. The predicted octanol–water partition coefficient (Wildman–Crippen LogP) is 2.34. The molecule has 8 heteroatoms. The summed E-state index contributed by atoms with van der Waals surface area (Å²) >= 11 is 1.30. The molecule has 2 aliphatic rings. The Hall–Kier alpha value is -2.32. The fraction of sp³-hybridized carbons (Fsp3) is 0.375. The van der Waals surface area contributed by atoms with E-state index in [-0.39, 0.29) is 17.6 Å². The molecule has 3 atom stereocenters. The van der Waals surface area contributed by atoms with Gasteiger partial charge in [0.1, 0.15) is 0 Å². The first-order valence-electron chi connectivity index (χ1n) is 7.88. The van der Waals surface area contributed by atoms with Crippen LogP contribution in [0.3, 0.4) is 0 Å². The number of hydrogen-bond acceptors (Lipinski definition) is 6. The summed E-state index contributed by atoms with van der Waals surface area (Å²) in [5.74, 6) is -0.146. The van der Waals surface area contributed by atoms with Crippen LogP contribution in [0.4, 0.5) is 5.69 Å². The molecule has 2 aromatic rings. The number of hydrogen-bond donors (Lipinski definition) is 2. The molecule has 7 nitrogen and oxygen atoms in total. The van der Waals surface area contributed by atoms with Crippen LogP contribution in [0.25, 0.3) is 10.4 Å². The second-order valence-electron chi connectivity index (χ2n) is 6.20. The van der Waals surface area contributed by atoms with Crippen molar-refractivity contribution < 1.29 is 9.72 Å². The molecule has 3 unspecified atom stereocenters. The fourth-order valence-electron chi connectivity index (χ4n) is 3.47. The number of carbonyl (C=O) groups excluding carboxylic acids is 1. The number of nitrogens with one attached hydrogen (secondary N) is 2. The molecule has 2 fully saturated rings. The van der Waals surface area contributed by atoms with Gasteiger partial charge in [-0.3, -0.25) is 14.9 Å². The van der Waals surface area contributed by atoms with Crippen LogP contribution >= 0.6 is 11.3 Å². The van der Waals surface area contributed by atoms with Gasteiger partial charge >= 0.3 is 0 Å². The summed E-state index contributed by atoms with van der Waals surface area (Å²) in [5.41, 5.74) is 0.865. The van der Waals surface area contributed by atoms with E-state index in [0.29, 0.717) is 17.1 Å². The highest BCUT2D eigenvalue weighted by molar-refractivity contribution is 7.16. The van der Waals surface area contributed by atoms with Gasteiger partial charge in [0, 0.05) is 36.5 Å². The lowest BCUT2D eigenvalue weighted by molar-refractivity contribution is -0.384. The Morgan fingerprint density at radius 2 is 2.12 bits per heavy atom. The minimum Gasteiger partial charge on any atom is -0.346 e. The van der Waals surface area contributed by atoms with Gasteiger partial charge in [-0.2, -0.15) is 0 Å². The summed E-state index contributed by atoms with van der Waals surface area (Å²) in [6.45, 7) is 0. The van der Waals surface area contributed by atoms with E-state index < -0.39 is 4.92 Å². The smallest absolute Gasteiger partial charge is 0.280 e. The maximum absolute atomic E-state index is 12.4. The van der Waals surface area contributed by atoms with Crippen molar-refractivity contribution in [2.45, 2.75) is 37.4 Å². The molecule has 4 rings (SSSR count). The van der Waals surface area contributed by atoms with E-state index in [1.807, 2.05) is 0 Å². The van der Waals surface area contributed by atoms with E-state index in [1.165, 1.54) is 29.9 Å². The van der Waals surface area contributed by atoms with Crippen molar-refractivity contribution >= 4 is 22.9 Å². The first kappa shape index (κ1) is 15.2. The number of thiazole rings is 1. The molecule has 0 spiro atoms. The highest BCUT2D eigenvalue weighted by atomic mass is 32.1. The number of nitro benzene ring substituents is 1. The number of rotatable bonds is 4. The first-order valence-corrected chi connectivity index (χ1v) is 8.69. The maximum Gasteiger partial charge on any atom is 0.280 e. The molecular weight excluding hydrogens is 328 g/mol. The summed E-state index contributed by atoms with van der Waals surface area (Å²) in [5, 5.41) is 17.7. The Balaban J connectivity index is 1.46. The largest absolute Gasteiger partial charge is 0.346 e. The number of aromatic nitrogens is 1. The minimum atomic E-state index is -0.432. The highest BCUT2D eigenvalue weighted by Crippen LogP contribution is 2.30. The van der Waals surface area contributed by atoms with E-state index in [1.54, 1.807) is 18.3 Å². The van der Waals surface area contributed by atoms with Crippen LogP contribution in [-0.4, -0.2) is 33.9 Å². The zero-order chi connectivity index (χ0) is 16.7. The van der Waals surface area contributed by atoms with Gasteiger partial charge in [-0.05, 0) is 37.0 Å². The third-order valence-corrected chi connectivity index (χ3v) is 5.72. The number of carbonyl (C=O) groups is 1. The monoisotopic (exact) mass is 344 g/mol. The second-order valence-corrected chi connectivity index (χ2v) is 7.23. The molecule has 24 heavy (non-hydrogen) atoms. The maximum atomic E-state index is 12.4. The Morgan fingerprint density at radius 1 is 1.33 bits per heavy atom. The second kappa shape index (κ2) is 5.95. The van der Waals surface area contributed by atoms with Gasteiger partial charge in [-0.15, -0.1) is 11.3 Å². The lowest BCUT2D eigenvalue weighted by Crippen LogP contribution is -2.42. The molecule has 2 aliphatic heterocycles. The van der Waals surface area contributed by atoms with E-state index >= 15 is 0 Å². The Kier molecular flexibility index (Phi) is 3.78. The predicted molar refractivity (Wildman–Crippen MR) is 90.0 cm³/mol. The Bertz CT molecular complexity index is 789. The number of benzene rings is 1. The van der Waals surface area contributed by atoms with Crippen LogP contribution in [0.5, 0.6) is 0 Å². The molecular formula is C16H16N4O3S. The van der Waals surface area contributed by atoms with E-state index in [0.717, 1.165) is 23.3 Å². The average molecular weight is 344 g/mol. The molecule has 0 aliphatic carbocycles. The van der Waals surface area contributed by atoms with Gasteiger partial charge in [0.15, 0.2) is 5.01 Å². The van der Waals surface area contributed by atoms with Crippen molar-refractivity contribution in [3.63, 3.8) is 0 Å². The van der Waals surface area contributed by atoms with Gasteiger partial charge in [0.2, 0.25) is 0 Å². The minimum absolute atomic E-state index is 0.0463. The zero-order valence-electron chi connectivity index (χ0n) is 12.8. The van der Waals surface area contributed by atoms with Gasteiger partial charge in [-0.25, -0.2) is 4.98 Å². The van der Waals surface area contributed by atoms with Crippen molar-refractivity contribution in [2.24, 2.45) is 0 Å². The van der Waals surface area contributed by atoms with Crippen LogP contribution in [-0.2, 0) is 0 Å². The zero-order valence-corrected chi connectivity index (χ0v) is 13.6. The van der Waals surface area contributed by atoms with Crippen molar-refractivity contribution in [1.82, 2.24) is 15.6 Å². The molecule has 2 N–H and O–H groups in total. The van der Waals surface area contributed by atoms with Crippen molar-refractivity contribution in [1.29, 1.82) is 0 Å². The van der Waals surface area contributed by atoms with Crippen LogP contribution in [0.15, 0.2) is 30.5 Å². The third-order valence-electron chi connectivity index (χ3n) is 4.68. The van der Waals surface area contributed by atoms with Crippen molar-refractivity contribution in [3.05, 3.63) is 45.6 Å². The van der Waals surface area contributed by atoms with Crippen LogP contribution in [0, 0.1) is 10.1 Å². The van der Waals surface area contributed by atoms with Gasteiger partial charge < -0.3 is 10.6 Å². The number of nitro groups is 1. The molecule has 1 amide bonds. The Morgan fingerprint density at radius 3 is 2.75 bits per heavy atom. The topological polar surface area (TPSA) is 97.2 Å². The molecule has 0 saturated carbocycles. The van der Waals surface area contributed by atoms with Crippen molar-refractivity contribution in [2.75, 3.05) is 0 Å². The van der Waals surface area contributed by atoms with Crippen LogP contribution < -0.4 is 10.6 Å². The standard InChI is InChI=1S/C16H16N4O3S/c21-15(19-13-7-10-3-6-12(13)18-10)16-17-8-14(24-16)9-1-4-11(5-2-9)20(22)23/h1-2,4-5,8,10,12-13,18H,3,6-7H2,(H,19,21). The summed E-state index contributed by atoms with van der Waals surface area (Å²) in [4.78, 5) is 27.7. The number of non-ortho nitro benzene ring substituents is 1. The van der Waals surface area contributed by atoms with Gasteiger partial charge in [0.05, 0.1) is 9.80 Å². The molecule has 2 bridgehead atoms. The van der Waals surface area contributed by atoms with Crippen LogP contribution in [0.2, 0.25) is 0 Å². The number of amides is 1. The molecule has 3 heterocycles. The molecule has 124 valence electrons. The molecule has 1 aromatic heterocycles. The fourth-order valence-corrected chi connectivity index (χ4v) is 4.30. The average Bonchev–Trinajstić information content (AvgIpc) is 3.31. The number of nitrogens with zero attached hydrogens (tertiary/aromatic N) is 2. The lowest BCUT2D eigenvalue weighted by atomic mass is 9.95. The first-order chi connectivity index (χ1) is 11.6. The van der Waals surface area contributed by atoms with Crippen molar-refractivity contribution in [3.8, 4) is 10.4 Å². The number of fused-ring (bicyclic) bond motifs is 2. The Labute approximate surface area is 142 Å².